The maximum atomic E-state index is 12.1. The molecule has 3 rings (SSSR count). The number of nitrogens with one attached hydrogen (secondary N) is 1. The average molecular weight is 325 g/mol. The molecule has 118 valence electrons. The van der Waals surface area contributed by atoms with Crippen molar-refractivity contribution in [3.8, 4) is 11.5 Å². The smallest absolute Gasteiger partial charge is 0.231 e. The minimum atomic E-state index is -0.301. The van der Waals surface area contributed by atoms with E-state index in [2.05, 4.69) is 5.32 Å². The van der Waals surface area contributed by atoms with Gasteiger partial charge in [0.05, 0.1) is 5.92 Å². The van der Waals surface area contributed by atoms with Gasteiger partial charge in [0.2, 0.25) is 18.6 Å². The van der Waals surface area contributed by atoms with Crippen LogP contribution in [0, 0.1) is 5.92 Å². The molecule has 1 N–H and O–H groups in total. The van der Waals surface area contributed by atoms with Gasteiger partial charge in [-0.1, -0.05) is 6.07 Å². The molecule has 1 fully saturated rings. The summed E-state index contributed by atoms with van der Waals surface area (Å²) in [6, 6.07) is 5.61. The highest BCUT2D eigenvalue weighted by Gasteiger charge is 2.34. The van der Waals surface area contributed by atoms with Crippen LogP contribution >= 0.6 is 11.6 Å². The number of alkyl halides is 1. The van der Waals surface area contributed by atoms with E-state index in [1.54, 1.807) is 4.90 Å². The first kappa shape index (κ1) is 15.0. The highest BCUT2D eigenvalue weighted by atomic mass is 35.5. The van der Waals surface area contributed by atoms with E-state index in [4.69, 9.17) is 21.1 Å². The molecule has 2 aliphatic rings. The summed E-state index contributed by atoms with van der Waals surface area (Å²) in [6.07, 6.45) is 0.249. The van der Waals surface area contributed by atoms with Gasteiger partial charge in [0.15, 0.2) is 11.5 Å². The fourth-order valence-corrected chi connectivity index (χ4v) is 2.77. The molecule has 0 spiro atoms. The van der Waals surface area contributed by atoms with Crippen LogP contribution in [0.3, 0.4) is 0 Å². The number of carbonyl (C=O) groups excluding carboxylic acids is 2. The van der Waals surface area contributed by atoms with Gasteiger partial charge in [0, 0.05) is 31.9 Å². The molecule has 22 heavy (non-hydrogen) atoms. The second kappa shape index (κ2) is 6.44. The monoisotopic (exact) mass is 324 g/mol. The fourth-order valence-electron chi connectivity index (χ4n) is 2.68. The summed E-state index contributed by atoms with van der Waals surface area (Å²) in [4.78, 5) is 25.7. The summed E-state index contributed by atoms with van der Waals surface area (Å²) in [5.41, 5.74) is 0.958. The molecule has 7 heteroatoms. The van der Waals surface area contributed by atoms with Crippen LogP contribution in [0.5, 0.6) is 11.5 Å². The summed E-state index contributed by atoms with van der Waals surface area (Å²) in [7, 11) is 0. The Kier molecular flexibility index (Phi) is 4.38. The van der Waals surface area contributed by atoms with Crippen molar-refractivity contribution in [2.45, 2.75) is 13.0 Å². The van der Waals surface area contributed by atoms with Crippen LogP contribution in [0.1, 0.15) is 12.0 Å². The Balaban J connectivity index is 1.61. The zero-order chi connectivity index (χ0) is 15.5. The van der Waals surface area contributed by atoms with Gasteiger partial charge in [-0.3, -0.25) is 9.59 Å². The molecule has 0 aromatic heterocycles. The van der Waals surface area contributed by atoms with Gasteiger partial charge in [-0.25, -0.2) is 0 Å². The van der Waals surface area contributed by atoms with E-state index in [-0.39, 0.29) is 30.9 Å². The first-order valence-corrected chi connectivity index (χ1v) is 7.71. The Morgan fingerprint density at radius 1 is 1.36 bits per heavy atom. The van der Waals surface area contributed by atoms with E-state index in [0.29, 0.717) is 31.3 Å². The third-order valence-corrected chi connectivity index (χ3v) is 3.98. The van der Waals surface area contributed by atoms with Gasteiger partial charge in [-0.2, -0.15) is 0 Å². The number of amides is 2. The van der Waals surface area contributed by atoms with E-state index in [1.807, 2.05) is 18.2 Å². The van der Waals surface area contributed by atoms with Crippen LogP contribution in [0.15, 0.2) is 18.2 Å². The molecule has 0 radical (unpaired) electrons. The van der Waals surface area contributed by atoms with Crippen LogP contribution in [0.2, 0.25) is 0 Å². The molecular formula is C15H17ClN2O4. The first-order valence-electron chi connectivity index (χ1n) is 7.17. The Morgan fingerprint density at radius 3 is 3.00 bits per heavy atom. The van der Waals surface area contributed by atoms with E-state index < -0.39 is 0 Å². The molecule has 6 nitrogen and oxygen atoms in total. The SMILES string of the molecule is O=C(NCCCl)C1CC(=O)N(Cc2ccc3c(c2)OCO3)C1. The summed E-state index contributed by atoms with van der Waals surface area (Å²) < 4.78 is 10.6. The van der Waals surface area contributed by atoms with Crippen LogP contribution in [0.25, 0.3) is 0 Å². The number of hydrogen-bond acceptors (Lipinski definition) is 4. The number of ether oxygens (including phenoxy) is 2. The molecule has 1 atom stereocenters. The molecule has 1 saturated heterocycles. The number of likely N-dealkylation sites (tertiary alicyclic amines) is 1. The van der Waals surface area contributed by atoms with Gasteiger partial charge in [-0.15, -0.1) is 11.6 Å². The van der Waals surface area contributed by atoms with Gasteiger partial charge >= 0.3 is 0 Å². The highest BCUT2D eigenvalue weighted by Crippen LogP contribution is 2.33. The summed E-state index contributed by atoms with van der Waals surface area (Å²) in [5.74, 6) is 1.36. The molecule has 0 aliphatic carbocycles. The normalized spacial score (nSPS) is 19.6. The van der Waals surface area contributed by atoms with Crippen LogP contribution in [0.4, 0.5) is 0 Å². The molecule has 2 heterocycles. The molecule has 1 aromatic rings. The quantitative estimate of drug-likeness (QED) is 0.824. The maximum Gasteiger partial charge on any atom is 0.231 e. The van der Waals surface area contributed by atoms with Gasteiger partial charge in [-0.05, 0) is 17.7 Å². The summed E-state index contributed by atoms with van der Waals surface area (Å²) >= 11 is 5.55. The lowest BCUT2D eigenvalue weighted by Crippen LogP contribution is -2.33. The van der Waals surface area contributed by atoms with Crippen LogP contribution < -0.4 is 14.8 Å². The lowest BCUT2D eigenvalue weighted by Gasteiger charge is -2.17. The van der Waals surface area contributed by atoms with E-state index in [0.717, 1.165) is 11.3 Å². The Bertz CT molecular complexity index is 593. The Labute approximate surface area is 133 Å². The number of halogens is 1. The van der Waals surface area contributed by atoms with Crippen molar-refractivity contribution in [3.05, 3.63) is 23.8 Å². The number of fused-ring (bicyclic) bond motifs is 1. The number of hydrogen-bond donors (Lipinski definition) is 1. The predicted octanol–water partition coefficient (Wildman–Crippen LogP) is 1.12. The molecular weight excluding hydrogens is 308 g/mol. The van der Waals surface area contributed by atoms with Gasteiger partial charge in [0.1, 0.15) is 0 Å². The van der Waals surface area contributed by atoms with E-state index >= 15 is 0 Å². The Morgan fingerprint density at radius 2 is 2.18 bits per heavy atom. The zero-order valence-corrected chi connectivity index (χ0v) is 12.8. The molecule has 0 saturated carbocycles. The second-order valence-electron chi connectivity index (χ2n) is 5.34. The lowest BCUT2D eigenvalue weighted by atomic mass is 10.1. The zero-order valence-electron chi connectivity index (χ0n) is 12.0. The van der Waals surface area contributed by atoms with E-state index in [1.165, 1.54) is 0 Å². The third kappa shape index (κ3) is 3.11. The number of nitrogens with zero attached hydrogens (tertiary/aromatic N) is 1. The summed E-state index contributed by atoms with van der Waals surface area (Å²) in [6.45, 7) is 1.55. The van der Waals surface area contributed by atoms with Gasteiger partial charge < -0.3 is 19.7 Å². The molecule has 0 bridgehead atoms. The van der Waals surface area contributed by atoms with Crippen LogP contribution in [-0.2, 0) is 16.1 Å². The van der Waals surface area contributed by atoms with Crippen molar-refractivity contribution < 1.29 is 19.1 Å². The first-order chi connectivity index (χ1) is 10.7. The molecule has 1 aromatic carbocycles. The van der Waals surface area contributed by atoms with E-state index in [9.17, 15) is 9.59 Å². The number of carbonyl (C=O) groups is 2. The minimum absolute atomic E-state index is 0.0105. The maximum absolute atomic E-state index is 12.1. The second-order valence-corrected chi connectivity index (χ2v) is 5.72. The number of rotatable bonds is 5. The predicted molar refractivity (Wildman–Crippen MR) is 79.8 cm³/mol. The van der Waals surface area contributed by atoms with Crippen molar-refractivity contribution in [1.82, 2.24) is 10.2 Å². The van der Waals surface area contributed by atoms with Crippen molar-refractivity contribution >= 4 is 23.4 Å². The minimum Gasteiger partial charge on any atom is -0.454 e. The topological polar surface area (TPSA) is 67.9 Å². The van der Waals surface area contributed by atoms with Crippen molar-refractivity contribution in [3.63, 3.8) is 0 Å². The lowest BCUT2D eigenvalue weighted by molar-refractivity contribution is -0.129. The summed E-state index contributed by atoms with van der Waals surface area (Å²) in [5, 5.41) is 2.73. The molecule has 1 unspecified atom stereocenters. The Hall–Kier alpha value is -1.95. The molecule has 2 aliphatic heterocycles. The van der Waals surface area contributed by atoms with Crippen molar-refractivity contribution in [2.24, 2.45) is 5.92 Å². The average Bonchev–Trinajstić information content (AvgIpc) is 3.11. The fraction of sp³-hybridized carbons (Fsp3) is 0.467. The van der Waals surface area contributed by atoms with Crippen LogP contribution in [-0.4, -0.2) is 42.5 Å². The highest BCUT2D eigenvalue weighted by molar-refractivity contribution is 6.18. The largest absolute Gasteiger partial charge is 0.454 e. The molecule has 2 amide bonds. The van der Waals surface area contributed by atoms with Gasteiger partial charge in [0.25, 0.3) is 0 Å². The standard InChI is InChI=1S/C15H17ClN2O4/c16-3-4-17-15(20)11-6-14(19)18(8-11)7-10-1-2-12-13(5-10)22-9-21-12/h1-2,5,11H,3-4,6-9H2,(H,17,20). The number of benzene rings is 1. The van der Waals surface area contributed by atoms with Crippen molar-refractivity contribution in [1.29, 1.82) is 0 Å². The third-order valence-electron chi connectivity index (χ3n) is 3.79. The van der Waals surface area contributed by atoms with Crippen molar-refractivity contribution in [2.75, 3.05) is 25.8 Å².